The smallest absolute Gasteiger partial charge is 0.129 e. The van der Waals surface area contributed by atoms with E-state index < -0.39 is 17.7 Å². The van der Waals surface area contributed by atoms with E-state index in [9.17, 15) is 8.78 Å². The molecule has 0 radical (unpaired) electrons. The highest BCUT2D eigenvalue weighted by Gasteiger charge is 2.19. The first-order chi connectivity index (χ1) is 9.67. The fourth-order valence-electron chi connectivity index (χ4n) is 2.14. The fraction of sp³-hybridized carbons (Fsp3) is 0.200. The second kappa shape index (κ2) is 6.45. The second-order valence-electron chi connectivity index (χ2n) is 4.37. The maximum Gasteiger partial charge on any atom is 0.129 e. The number of hydrogen-bond donors (Lipinski definition) is 2. The predicted octanol–water partition coefficient (Wildman–Crippen LogP) is 2.72. The van der Waals surface area contributed by atoms with Gasteiger partial charge in [-0.05, 0) is 24.6 Å². The summed E-state index contributed by atoms with van der Waals surface area (Å²) in [7, 11) is 1.54. The van der Waals surface area contributed by atoms with E-state index in [2.05, 4.69) is 5.43 Å². The van der Waals surface area contributed by atoms with E-state index in [-0.39, 0.29) is 12.0 Å². The summed E-state index contributed by atoms with van der Waals surface area (Å²) in [5, 5.41) is 0. The van der Waals surface area contributed by atoms with Crippen LogP contribution in [0.1, 0.15) is 17.2 Å². The Kier molecular flexibility index (Phi) is 4.65. The molecule has 0 bridgehead atoms. The molecule has 0 aliphatic rings. The maximum atomic E-state index is 13.7. The van der Waals surface area contributed by atoms with Crippen LogP contribution in [0, 0.1) is 11.6 Å². The van der Waals surface area contributed by atoms with E-state index in [1.54, 1.807) is 6.07 Å². The number of ether oxygens (including phenoxy) is 1. The molecule has 2 rings (SSSR count). The summed E-state index contributed by atoms with van der Waals surface area (Å²) in [6.45, 7) is 0. The van der Waals surface area contributed by atoms with E-state index in [0.29, 0.717) is 5.75 Å². The highest BCUT2D eigenvalue weighted by molar-refractivity contribution is 5.37. The summed E-state index contributed by atoms with van der Waals surface area (Å²) in [6.07, 6.45) is 0.0926. The molecule has 5 heteroatoms. The highest BCUT2D eigenvalue weighted by atomic mass is 19.1. The standard InChI is InChI=1S/C15H16F2N2O/c1-20-15-8-3-2-5-10(15)14(19-18)9-11-12(16)6-4-7-13(11)17/h2-8,14,19H,9,18H2,1H3. The van der Waals surface area contributed by atoms with Crippen LogP contribution in [0.4, 0.5) is 8.78 Å². The van der Waals surface area contributed by atoms with E-state index in [4.69, 9.17) is 10.6 Å². The third-order valence-electron chi connectivity index (χ3n) is 3.19. The SMILES string of the molecule is COc1ccccc1C(Cc1c(F)cccc1F)NN. The lowest BCUT2D eigenvalue weighted by Crippen LogP contribution is -2.30. The van der Waals surface area contributed by atoms with Gasteiger partial charge in [-0.1, -0.05) is 24.3 Å². The summed E-state index contributed by atoms with van der Waals surface area (Å²) in [5.41, 5.74) is 3.33. The molecule has 0 spiro atoms. The second-order valence-corrected chi connectivity index (χ2v) is 4.37. The molecule has 2 aromatic rings. The average Bonchev–Trinajstić information content (AvgIpc) is 2.47. The quantitative estimate of drug-likeness (QED) is 0.653. The van der Waals surface area contributed by atoms with Crippen LogP contribution in [0.25, 0.3) is 0 Å². The van der Waals surface area contributed by atoms with Gasteiger partial charge >= 0.3 is 0 Å². The summed E-state index contributed by atoms with van der Waals surface area (Å²) in [6, 6.07) is 10.6. The van der Waals surface area contributed by atoms with Crippen molar-refractivity contribution in [3.63, 3.8) is 0 Å². The Balaban J connectivity index is 2.34. The zero-order valence-corrected chi connectivity index (χ0v) is 11.1. The average molecular weight is 278 g/mol. The fourth-order valence-corrected chi connectivity index (χ4v) is 2.14. The number of methoxy groups -OCH3 is 1. The highest BCUT2D eigenvalue weighted by Crippen LogP contribution is 2.28. The molecule has 0 aliphatic carbocycles. The molecule has 3 nitrogen and oxygen atoms in total. The van der Waals surface area contributed by atoms with Crippen molar-refractivity contribution in [2.24, 2.45) is 5.84 Å². The minimum absolute atomic E-state index is 0.00126. The monoisotopic (exact) mass is 278 g/mol. The first-order valence-corrected chi connectivity index (χ1v) is 6.19. The van der Waals surface area contributed by atoms with Crippen LogP contribution in [-0.4, -0.2) is 7.11 Å². The van der Waals surface area contributed by atoms with Crippen LogP contribution >= 0.6 is 0 Å². The molecule has 0 aliphatic heterocycles. The Morgan fingerprint density at radius 2 is 1.75 bits per heavy atom. The normalized spacial score (nSPS) is 12.2. The Morgan fingerprint density at radius 3 is 2.35 bits per heavy atom. The van der Waals surface area contributed by atoms with Gasteiger partial charge in [0, 0.05) is 11.1 Å². The van der Waals surface area contributed by atoms with Crippen molar-refractivity contribution in [3.05, 3.63) is 65.2 Å². The van der Waals surface area contributed by atoms with Crippen molar-refractivity contribution >= 4 is 0 Å². The molecule has 2 aromatic carbocycles. The zero-order chi connectivity index (χ0) is 14.5. The van der Waals surface area contributed by atoms with E-state index in [1.807, 2.05) is 18.2 Å². The number of nitrogens with one attached hydrogen (secondary N) is 1. The Hall–Kier alpha value is -1.98. The van der Waals surface area contributed by atoms with Crippen molar-refractivity contribution in [1.29, 1.82) is 0 Å². The number of para-hydroxylation sites is 1. The lowest BCUT2D eigenvalue weighted by molar-refractivity contribution is 0.397. The minimum Gasteiger partial charge on any atom is -0.496 e. The maximum absolute atomic E-state index is 13.7. The van der Waals surface area contributed by atoms with Gasteiger partial charge in [-0.2, -0.15) is 0 Å². The molecule has 0 saturated carbocycles. The third kappa shape index (κ3) is 2.95. The molecular weight excluding hydrogens is 262 g/mol. The minimum atomic E-state index is -0.583. The van der Waals surface area contributed by atoms with Crippen molar-refractivity contribution < 1.29 is 13.5 Å². The van der Waals surface area contributed by atoms with Gasteiger partial charge in [0.1, 0.15) is 17.4 Å². The van der Waals surface area contributed by atoms with Gasteiger partial charge in [-0.25, -0.2) is 8.78 Å². The van der Waals surface area contributed by atoms with Gasteiger partial charge in [0.15, 0.2) is 0 Å². The van der Waals surface area contributed by atoms with Crippen LogP contribution in [0.2, 0.25) is 0 Å². The molecular formula is C15H16F2N2O. The van der Waals surface area contributed by atoms with Crippen LogP contribution < -0.4 is 16.0 Å². The molecule has 0 amide bonds. The number of benzene rings is 2. The van der Waals surface area contributed by atoms with Gasteiger partial charge in [0.25, 0.3) is 0 Å². The van der Waals surface area contributed by atoms with Crippen molar-refractivity contribution in [3.8, 4) is 5.75 Å². The van der Waals surface area contributed by atoms with Gasteiger partial charge in [-0.15, -0.1) is 0 Å². The van der Waals surface area contributed by atoms with Crippen molar-refractivity contribution in [2.45, 2.75) is 12.5 Å². The summed E-state index contributed by atoms with van der Waals surface area (Å²) in [5.74, 6) is 4.98. The Bertz CT molecular complexity index is 570. The van der Waals surface area contributed by atoms with Gasteiger partial charge in [0.2, 0.25) is 0 Å². The van der Waals surface area contributed by atoms with Crippen molar-refractivity contribution in [1.82, 2.24) is 5.43 Å². The molecule has 0 aromatic heterocycles. The van der Waals surface area contributed by atoms with Crippen molar-refractivity contribution in [2.75, 3.05) is 7.11 Å². The molecule has 0 heterocycles. The zero-order valence-electron chi connectivity index (χ0n) is 11.1. The van der Waals surface area contributed by atoms with Gasteiger partial charge in [0.05, 0.1) is 13.2 Å². The van der Waals surface area contributed by atoms with Crippen LogP contribution in [0.3, 0.4) is 0 Å². The first-order valence-electron chi connectivity index (χ1n) is 6.19. The summed E-state index contributed by atoms with van der Waals surface area (Å²) >= 11 is 0. The molecule has 0 fully saturated rings. The van der Waals surface area contributed by atoms with Crippen LogP contribution in [0.15, 0.2) is 42.5 Å². The third-order valence-corrected chi connectivity index (χ3v) is 3.19. The lowest BCUT2D eigenvalue weighted by atomic mass is 9.98. The molecule has 0 saturated heterocycles. The number of hydrazine groups is 1. The number of hydrogen-bond acceptors (Lipinski definition) is 3. The van der Waals surface area contributed by atoms with E-state index in [0.717, 1.165) is 5.56 Å². The van der Waals surface area contributed by atoms with E-state index in [1.165, 1.54) is 25.3 Å². The van der Waals surface area contributed by atoms with E-state index >= 15 is 0 Å². The predicted molar refractivity (Wildman–Crippen MR) is 73.1 cm³/mol. The molecule has 1 atom stereocenters. The molecule has 3 N–H and O–H groups in total. The van der Waals surface area contributed by atoms with Gasteiger partial charge < -0.3 is 4.74 Å². The number of rotatable bonds is 5. The number of nitrogens with two attached hydrogens (primary N) is 1. The largest absolute Gasteiger partial charge is 0.496 e. The first kappa shape index (κ1) is 14.4. The van der Waals surface area contributed by atoms with Crippen LogP contribution in [-0.2, 0) is 6.42 Å². The summed E-state index contributed by atoms with van der Waals surface area (Å²) < 4.78 is 32.7. The van der Waals surface area contributed by atoms with Gasteiger partial charge in [-0.3, -0.25) is 11.3 Å². The summed E-state index contributed by atoms with van der Waals surface area (Å²) in [4.78, 5) is 0. The lowest BCUT2D eigenvalue weighted by Gasteiger charge is -2.19. The van der Waals surface area contributed by atoms with Crippen LogP contribution in [0.5, 0.6) is 5.75 Å². The Morgan fingerprint density at radius 1 is 1.10 bits per heavy atom. The molecule has 106 valence electrons. The number of halogens is 2. The Labute approximate surface area is 116 Å². The molecule has 1 unspecified atom stereocenters. The molecule has 20 heavy (non-hydrogen) atoms. The topological polar surface area (TPSA) is 47.3 Å².